The molecule has 4 saturated carbocycles. The van der Waals surface area contributed by atoms with Crippen LogP contribution < -0.4 is 5.32 Å². The van der Waals surface area contributed by atoms with Gasteiger partial charge in [-0.25, -0.2) is 0 Å². The van der Waals surface area contributed by atoms with E-state index in [1.165, 1.54) is 180 Å². The van der Waals surface area contributed by atoms with E-state index in [0.717, 1.165) is 49.9 Å². The molecule has 0 radical (unpaired) electrons. The number of hydrogen-bond acceptors (Lipinski definition) is 4. The summed E-state index contributed by atoms with van der Waals surface area (Å²) in [6.45, 7) is 9.51. The van der Waals surface area contributed by atoms with Crippen LogP contribution in [0.5, 0.6) is 0 Å². The molecule has 4 fully saturated rings. The molecule has 0 saturated heterocycles. The van der Waals surface area contributed by atoms with Crippen LogP contribution in [0.15, 0.2) is 0 Å². The lowest BCUT2D eigenvalue weighted by atomic mass is 9.44. The van der Waals surface area contributed by atoms with Crippen molar-refractivity contribution >= 4 is 17.8 Å². The lowest BCUT2D eigenvalue weighted by Gasteiger charge is -2.61. The lowest BCUT2D eigenvalue weighted by molar-refractivity contribution is -0.162. The first-order chi connectivity index (χ1) is 28.1. The average molecular weight is 812 g/mol. The fourth-order valence-electron chi connectivity index (χ4n) is 13.4. The normalized spacial score (nSPS) is 29.6. The Labute approximate surface area is 357 Å². The average Bonchev–Trinajstić information content (AvgIpc) is 3.57. The van der Waals surface area contributed by atoms with Gasteiger partial charge in [-0.2, -0.15) is 0 Å². The van der Waals surface area contributed by atoms with E-state index in [2.05, 4.69) is 33.0 Å². The van der Waals surface area contributed by atoms with E-state index in [1.54, 1.807) is 0 Å². The summed E-state index contributed by atoms with van der Waals surface area (Å²) in [4.78, 5) is 36.0. The quantitative estimate of drug-likeness (QED) is 0.0537. The van der Waals surface area contributed by atoms with Gasteiger partial charge in [-0.1, -0.05) is 169 Å². The number of nitrogens with one attached hydrogen (secondary N) is 1. The van der Waals surface area contributed by atoms with Crippen molar-refractivity contribution in [1.29, 1.82) is 0 Å². The zero-order valence-corrected chi connectivity index (χ0v) is 38.6. The van der Waals surface area contributed by atoms with Gasteiger partial charge in [-0.3, -0.25) is 14.4 Å². The second kappa shape index (κ2) is 26.7. The van der Waals surface area contributed by atoms with Crippen LogP contribution in [-0.4, -0.2) is 35.6 Å². The molecule has 4 rings (SSSR count). The van der Waals surface area contributed by atoms with Crippen LogP contribution in [0.1, 0.15) is 252 Å². The number of hydrogen-bond donors (Lipinski definition) is 2. The minimum Gasteiger partial charge on any atom is -0.480 e. The summed E-state index contributed by atoms with van der Waals surface area (Å²) in [7, 11) is 0. The van der Waals surface area contributed by atoms with Crippen LogP contribution >= 0.6 is 0 Å². The van der Waals surface area contributed by atoms with E-state index >= 15 is 0 Å². The number of amides is 1. The van der Waals surface area contributed by atoms with E-state index in [0.29, 0.717) is 41.4 Å². The number of ether oxygens (including phenoxy) is 1. The Balaban J connectivity index is 0.981. The van der Waals surface area contributed by atoms with Gasteiger partial charge in [0, 0.05) is 12.8 Å². The number of aliphatic carboxylic acids is 1. The maximum atomic E-state index is 12.9. The van der Waals surface area contributed by atoms with Crippen LogP contribution in [0.4, 0.5) is 0 Å². The number of fused-ring (bicyclic) bond motifs is 5. The molecule has 0 aliphatic heterocycles. The number of rotatable bonds is 31. The smallest absolute Gasteiger partial charge is 0.322 e. The molecule has 58 heavy (non-hydrogen) atoms. The molecule has 0 heterocycles. The fourth-order valence-corrected chi connectivity index (χ4v) is 13.4. The van der Waals surface area contributed by atoms with Gasteiger partial charge < -0.3 is 15.2 Å². The molecule has 0 bridgehead atoms. The molecule has 2 N–H and O–H groups in total. The minimum absolute atomic E-state index is 0.0460. The van der Waals surface area contributed by atoms with E-state index in [1.807, 2.05) is 0 Å². The highest BCUT2D eigenvalue weighted by atomic mass is 16.5. The number of carboxylic acids is 1. The topological polar surface area (TPSA) is 92.7 Å². The van der Waals surface area contributed by atoms with Crippen LogP contribution in [0.3, 0.4) is 0 Å². The Bertz CT molecular complexity index is 1170. The first-order valence-electron chi connectivity index (χ1n) is 25.8. The minimum atomic E-state index is -0.987. The van der Waals surface area contributed by atoms with Crippen LogP contribution in [0.2, 0.25) is 0 Å². The summed E-state index contributed by atoms with van der Waals surface area (Å²) < 4.78 is 6.17. The van der Waals surface area contributed by atoms with Crippen molar-refractivity contribution in [3.8, 4) is 0 Å². The van der Waals surface area contributed by atoms with Gasteiger partial charge in [0.15, 0.2) is 0 Å². The predicted molar refractivity (Wildman–Crippen MR) is 241 cm³/mol. The zero-order valence-electron chi connectivity index (χ0n) is 38.6. The maximum Gasteiger partial charge on any atom is 0.322 e. The molecule has 4 aliphatic carbocycles. The summed E-state index contributed by atoms with van der Waals surface area (Å²) in [5.74, 6) is 3.07. The van der Waals surface area contributed by atoms with Crippen LogP contribution in [-0.2, 0) is 19.1 Å². The summed E-state index contributed by atoms with van der Waals surface area (Å²) >= 11 is 0. The van der Waals surface area contributed by atoms with Crippen molar-refractivity contribution in [1.82, 2.24) is 5.32 Å². The Morgan fingerprint density at radius 1 is 0.621 bits per heavy atom. The van der Waals surface area contributed by atoms with Gasteiger partial charge in [-0.05, 0) is 117 Å². The Morgan fingerprint density at radius 3 is 1.66 bits per heavy atom. The third kappa shape index (κ3) is 15.7. The monoisotopic (exact) mass is 812 g/mol. The molecule has 0 aromatic rings. The molecule has 0 spiro atoms. The third-order valence-corrected chi connectivity index (χ3v) is 16.9. The molecule has 6 nitrogen and oxygen atoms in total. The van der Waals surface area contributed by atoms with Crippen molar-refractivity contribution in [2.75, 3.05) is 6.54 Å². The van der Waals surface area contributed by atoms with E-state index < -0.39 is 5.97 Å². The van der Waals surface area contributed by atoms with Crippen LogP contribution in [0, 0.1) is 46.3 Å². The number of unbranched alkanes of at least 4 members (excludes halogenated alkanes) is 22. The Morgan fingerprint density at radius 2 is 1.12 bits per heavy atom. The summed E-state index contributed by atoms with van der Waals surface area (Å²) in [6, 6.07) is 0. The lowest BCUT2D eigenvalue weighted by Crippen LogP contribution is -2.54. The van der Waals surface area contributed by atoms with Gasteiger partial charge in [0.25, 0.3) is 0 Å². The number of carbonyl (C=O) groups is 3. The van der Waals surface area contributed by atoms with Gasteiger partial charge in [0.2, 0.25) is 5.91 Å². The molecular formula is C52H93NO5. The maximum absolute atomic E-state index is 12.9. The highest BCUT2D eigenvalue weighted by Crippen LogP contribution is 2.68. The van der Waals surface area contributed by atoms with E-state index in [-0.39, 0.29) is 24.5 Å². The molecule has 0 aromatic carbocycles. The number of esters is 1. The largest absolute Gasteiger partial charge is 0.480 e. The first-order valence-corrected chi connectivity index (χ1v) is 25.8. The molecule has 4 aliphatic rings. The summed E-state index contributed by atoms with van der Waals surface area (Å²) in [5, 5.41) is 11.4. The van der Waals surface area contributed by atoms with E-state index in [9.17, 15) is 14.4 Å². The second-order valence-corrected chi connectivity index (χ2v) is 21.0. The highest BCUT2D eigenvalue weighted by molar-refractivity contribution is 5.81. The van der Waals surface area contributed by atoms with Gasteiger partial charge in [-0.15, -0.1) is 0 Å². The predicted octanol–water partition coefficient (Wildman–Crippen LogP) is 14.6. The molecular weight excluding hydrogens is 719 g/mol. The Hall–Kier alpha value is -1.59. The van der Waals surface area contributed by atoms with Gasteiger partial charge in [0.1, 0.15) is 12.6 Å². The second-order valence-electron chi connectivity index (χ2n) is 21.0. The van der Waals surface area contributed by atoms with Crippen molar-refractivity contribution in [3.63, 3.8) is 0 Å². The SMILES string of the molecule is CCCCCCCCCCCCCCCCCCCCCCCCCC(=O)OC1CCC2(C)C(CCC3C2CCC2(C)C(C(C)CCC(=O)NCC(=O)O)CCC32)C1. The number of carboxylic acid groups (broad SMARTS) is 1. The first kappa shape index (κ1) is 49.1. The molecule has 6 heteroatoms. The summed E-state index contributed by atoms with van der Waals surface area (Å²) in [6.07, 6.45) is 44.9. The standard InChI is InChI=1S/C52H93NO5/c1-5-6-7-8-9-10-11-12-13-14-15-16-17-18-19-20-21-22-23-24-25-26-27-28-50(57)58-43-35-37-51(3)42(39-43)30-31-44-46-33-32-45(52(46,4)38-36-47(44)51)41(2)29-34-48(54)53-40-49(55)56/h41-47H,5-40H2,1-4H3,(H,53,54)(H,55,56). The third-order valence-electron chi connectivity index (χ3n) is 16.9. The Kier molecular flexibility index (Phi) is 22.6. The van der Waals surface area contributed by atoms with Gasteiger partial charge >= 0.3 is 11.9 Å². The zero-order chi connectivity index (χ0) is 41.6. The molecule has 9 unspecified atom stereocenters. The summed E-state index contributed by atoms with van der Waals surface area (Å²) in [5.41, 5.74) is 0.713. The molecule has 1 amide bonds. The highest BCUT2D eigenvalue weighted by Gasteiger charge is 2.60. The van der Waals surface area contributed by atoms with Crippen molar-refractivity contribution in [3.05, 3.63) is 0 Å². The number of carbonyl (C=O) groups excluding carboxylic acids is 2. The molecule has 336 valence electrons. The van der Waals surface area contributed by atoms with Crippen LogP contribution in [0.25, 0.3) is 0 Å². The molecule has 0 aromatic heterocycles. The van der Waals surface area contributed by atoms with Gasteiger partial charge in [0.05, 0.1) is 0 Å². The molecule has 9 atom stereocenters. The van der Waals surface area contributed by atoms with Crippen molar-refractivity contribution < 1.29 is 24.2 Å². The fraction of sp³-hybridized carbons (Fsp3) is 0.942. The van der Waals surface area contributed by atoms with Crippen molar-refractivity contribution in [2.24, 2.45) is 46.3 Å². The van der Waals surface area contributed by atoms with E-state index in [4.69, 9.17) is 9.84 Å². The van der Waals surface area contributed by atoms with Crippen molar-refractivity contribution in [2.45, 2.75) is 259 Å².